The molecule has 0 atom stereocenters. The highest BCUT2D eigenvalue weighted by atomic mass is 16.1. The van der Waals surface area contributed by atoms with Crippen LogP contribution in [0.15, 0.2) is 30.3 Å². The summed E-state index contributed by atoms with van der Waals surface area (Å²) in [5.74, 6) is 0.0598. The minimum absolute atomic E-state index is 0.0598. The first-order valence-corrected chi connectivity index (χ1v) is 6.88. The molecule has 0 bridgehead atoms. The van der Waals surface area contributed by atoms with Crippen LogP contribution in [0.5, 0.6) is 0 Å². The number of likely N-dealkylation sites (tertiary alicyclic amines) is 1. The van der Waals surface area contributed by atoms with Crippen molar-refractivity contribution in [2.75, 3.05) is 19.6 Å². The van der Waals surface area contributed by atoms with E-state index in [0.29, 0.717) is 6.04 Å². The van der Waals surface area contributed by atoms with Crippen molar-refractivity contribution >= 4 is 5.91 Å². The number of carbonyl (C=O) groups is 1. The summed E-state index contributed by atoms with van der Waals surface area (Å²) in [6.07, 6.45) is 3.35. The maximum absolute atomic E-state index is 12.0. The van der Waals surface area contributed by atoms with Crippen LogP contribution < -0.4 is 5.32 Å². The first kappa shape index (κ1) is 13.1. The zero-order valence-electron chi connectivity index (χ0n) is 11.1. The first-order chi connectivity index (χ1) is 8.79. The van der Waals surface area contributed by atoms with Gasteiger partial charge in [-0.05, 0) is 37.9 Å². The molecular formula is C15H22N2O. The Morgan fingerprint density at radius 2 is 1.94 bits per heavy atom. The van der Waals surface area contributed by atoms with Gasteiger partial charge in [0.1, 0.15) is 0 Å². The van der Waals surface area contributed by atoms with E-state index in [9.17, 15) is 4.79 Å². The molecular weight excluding hydrogens is 224 g/mol. The zero-order chi connectivity index (χ0) is 12.8. The lowest BCUT2D eigenvalue weighted by molar-refractivity contribution is 0.0911. The van der Waals surface area contributed by atoms with Crippen LogP contribution in [0.25, 0.3) is 0 Å². The molecule has 1 amide bonds. The third-order valence-electron chi connectivity index (χ3n) is 3.50. The third kappa shape index (κ3) is 3.57. The van der Waals surface area contributed by atoms with E-state index in [1.54, 1.807) is 0 Å². The summed E-state index contributed by atoms with van der Waals surface area (Å²) >= 11 is 0. The molecule has 0 unspecified atom stereocenters. The van der Waals surface area contributed by atoms with Crippen molar-refractivity contribution in [1.82, 2.24) is 10.2 Å². The number of hydrogen-bond acceptors (Lipinski definition) is 2. The standard InChI is InChI=1S/C15H22N2O/c1-2-10-17-11-8-14(9-12-17)16-15(18)13-6-4-3-5-7-13/h3-7,14H,2,8-12H2,1H3,(H,16,18). The molecule has 1 aliphatic heterocycles. The van der Waals surface area contributed by atoms with Crippen molar-refractivity contribution in [3.8, 4) is 0 Å². The van der Waals surface area contributed by atoms with Gasteiger partial charge in [-0.15, -0.1) is 0 Å². The molecule has 1 fully saturated rings. The van der Waals surface area contributed by atoms with Crippen LogP contribution in [-0.4, -0.2) is 36.5 Å². The number of rotatable bonds is 4. The fourth-order valence-electron chi connectivity index (χ4n) is 2.48. The summed E-state index contributed by atoms with van der Waals surface area (Å²) in [6.45, 7) is 5.60. The molecule has 3 nitrogen and oxygen atoms in total. The number of hydrogen-bond donors (Lipinski definition) is 1. The van der Waals surface area contributed by atoms with Gasteiger partial charge in [0.25, 0.3) is 5.91 Å². The molecule has 0 aromatic heterocycles. The molecule has 18 heavy (non-hydrogen) atoms. The molecule has 1 N–H and O–H groups in total. The van der Waals surface area contributed by atoms with Crippen molar-refractivity contribution in [1.29, 1.82) is 0 Å². The number of nitrogens with zero attached hydrogens (tertiary/aromatic N) is 1. The van der Waals surface area contributed by atoms with Gasteiger partial charge in [0.05, 0.1) is 0 Å². The molecule has 1 heterocycles. The van der Waals surface area contributed by atoms with E-state index in [0.717, 1.165) is 31.5 Å². The fraction of sp³-hybridized carbons (Fsp3) is 0.533. The molecule has 1 aromatic rings. The molecule has 98 valence electrons. The quantitative estimate of drug-likeness (QED) is 0.884. The second-order valence-electron chi connectivity index (χ2n) is 4.96. The Balaban J connectivity index is 1.80. The lowest BCUT2D eigenvalue weighted by Gasteiger charge is -2.32. The van der Waals surface area contributed by atoms with E-state index in [1.165, 1.54) is 13.0 Å². The first-order valence-electron chi connectivity index (χ1n) is 6.88. The molecule has 0 aliphatic carbocycles. The summed E-state index contributed by atoms with van der Waals surface area (Å²) in [6, 6.07) is 9.80. The van der Waals surface area contributed by atoms with Crippen LogP contribution in [0.3, 0.4) is 0 Å². The van der Waals surface area contributed by atoms with E-state index in [-0.39, 0.29) is 5.91 Å². The summed E-state index contributed by atoms with van der Waals surface area (Å²) in [5, 5.41) is 3.13. The molecule has 0 saturated carbocycles. The normalized spacial score (nSPS) is 17.6. The van der Waals surface area contributed by atoms with E-state index < -0.39 is 0 Å². The third-order valence-corrected chi connectivity index (χ3v) is 3.50. The van der Waals surface area contributed by atoms with Crippen molar-refractivity contribution < 1.29 is 4.79 Å². The Kier molecular flexibility index (Phi) is 4.76. The van der Waals surface area contributed by atoms with Crippen LogP contribution in [0.2, 0.25) is 0 Å². The molecule has 1 aliphatic rings. The average molecular weight is 246 g/mol. The van der Waals surface area contributed by atoms with Gasteiger partial charge in [0.15, 0.2) is 0 Å². The monoisotopic (exact) mass is 246 g/mol. The van der Waals surface area contributed by atoms with Gasteiger partial charge in [-0.2, -0.15) is 0 Å². The summed E-state index contributed by atoms with van der Waals surface area (Å²) in [4.78, 5) is 14.5. The van der Waals surface area contributed by atoms with Crippen LogP contribution in [0, 0.1) is 0 Å². The molecule has 1 aromatic carbocycles. The van der Waals surface area contributed by atoms with Crippen molar-refractivity contribution in [2.24, 2.45) is 0 Å². The fourth-order valence-corrected chi connectivity index (χ4v) is 2.48. The van der Waals surface area contributed by atoms with Gasteiger partial charge in [0.2, 0.25) is 0 Å². The molecule has 2 rings (SSSR count). The Bertz CT molecular complexity index is 369. The number of carbonyl (C=O) groups excluding carboxylic acids is 1. The minimum Gasteiger partial charge on any atom is -0.349 e. The topological polar surface area (TPSA) is 32.3 Å². The average Bonchev–Trinajstić information content (AvgIpc) is 2.42. The van der Waals surface area contributed by atoms with E-state index in [4.69, 9.17) is 0 Å². The Hall–Kier alpha value is -1.35. The van der Waals surface area contributed by atoms with Gasteiger partial charge in [-0.1, -0.05) is 25.1 Å². The van der Waals surface area contributed by atoms with Crippen molar-refractivity contribution in [3.63, 3.8) is 0 Å². The van der Waals surface area contributed by atoms with Gasteiger partial charge in [-0.3, -0.25) is 4.79 Å². The van der Waals surface area contributed by atoms with Crippen molar-refractivity contribution in [2.45, 2.75) is 32.2 Å². The number of nitrogens with one attached hydrogen (secondary N) is 1. The number of amides is 1. The second kappa shape index (κ2) is 6.55. The van der Waals surface area contributed by atoms with Crippen molar-refractivity contribution in [3.05, 3.63) is 35.9 Å². The van der Waals surface area contributed by atoms with Crippen LogP contribution in [-0.2, 0) is 0 Å². The number of piperidine rings is 1. The molecule has 3 heteroatoms. The smallest absolute Gasteiger partial charge is 0.251 e. The number of benzene rings is 1. The van der Waals surface area contributed by atoms with E-state index in [1.807, 2.05) is 30.3 Å². The predicted octanol–water partition coefficient (Wildman–Crippen LogP) is 2.29. The highest BCUT2D eigenvalue weighted by Gasteiger charge is 2.20. The van der Waals surface area contributed by atoms with E-state index >= 15 is 0 Å². The Morgan fingerprint density at radius 3 is 2.56 bits per heavy atom. The summed E-state index contributed by atoms with van der Waals surface area (Å²) < 4.78 is 0. The Labute approximate surface area is 109 Å². The lowest BCUT2D eigenvalue weighted by atomic mass is 10.0. The van der Waals surface area contributed by atoms with Gasteiger partial charge < -0.3 is 10.2 Å². The maximum Gasteiger partial charge on any atom is 0.251 e. The van der Waals surface area contributed by atoms with Gasteiger partial charge in [-0.25, -0.2) is 0 Å². The molecule has 0 spiro atoms. The lowest BCUT2D eigenvalue weighted by Crippen LogP contribution is -2.44. The minimum atomic E-state index is 0.0598. The second-order valence-corrected chi connectivity index (χ2v) is 4.96. The summed E-state index contributed by atoms with van der Waals surface area (Å²) in [5.41, 5.74) is 0.758. The van der Waals surface area contributed by atoms with Crippen LogP contribution in [0.4, 0.5) is 0 Å². The largest absolute Gasteiger partial charge is 0.349 e. The summed E-state index contributed by atoms with van der Waals surface area (Å²) in [7, 11) is 0. The maximum atomic E-state index is 12.0. The molecule has 0 radical (unpaired) electrons. The highest BCUT2D eigenvalue weighted by Crippen LogP contribution is 2.11. The SMILES string of the molecule is CCCN1CCC(NC(=O)c2ccccc2)CC1. The highest BCUT2D eigenvalue weighted by molar-refractivity contribution is 5.94. The molecule has 1 saturated heterocycles. The van der Waals surface area contributed by atoms with Gasteiger partial charge >= 0.3 is 0 Å². The van der Waals surface area contributed by atoms with Gasteiger partial charge in [0, 0.05) is 24.7 Å². The zero-order valence-corrected chi connectivity index (χ0v) is 11.1. The Morgan fingerprint density at radius 1 is 1.28 bits per heavy atom. The predicted molar refractivity (Wildman–Crippen MR) is 73.7 cm³/mol. The van der Waals surface area contributed by atoms with E-state index in [2.05, 4.69) is 17.1 Å². The van der Waals surface area contributed by atoms with Crippen LogP contribution >= 0.6 is 0 Å². The van der Waals surface area contributed by atoms with Crippen LogP contribution in [0.1, 0.15) is 36.5 Å².